The van der Waals surface area contributed by atoms with Gasteiger partial charge in [0.15, 0.2) is 0 Å². The fourth-order valence-corrected chi connectivity index (χ4v) is 3.23. The molecule has 0 aliphatic carbocycles. The number of piperidine rings is 1. The first-order valence-corrected chi connectivity index (χ1v) is 7.86. The second kappa shape index (κ2) is 7.09. The van der Waals surface area contributed by atoms with Gasteiger partial charge in [0.2, 0.25) is 0 Å². The van der Waals surface area contributed by atoms with Crippen LogP contribution in [0.15, 0.2) is 24.3 Å². The fourth-order valence-electron chi connectivity index (χ4n) is 3.23. The predicted molar refractivity (Wildman–Crippen MR) is 84.0 cm³/mol. The number of hydrogen-bond donors (Lipinski definition) is 1. The average molecular weight is 276 g/mol. The maximum Gasteiger partial charge on any atom is 0.124 e. The Morgan fingerprint density at radius 1 is 1.25 bits per heavy atom. The monoisotopic (exact) mass is 276 g/mol. The third kappa shape index (κ3) is 3.53. The summed E-state index contributed by atoms with van der Waals surface area (Å²) in [6.45, 7) is 8.23. The molecule has 1 fully saturated rings. The van der Waals surface area contributed by atoms with Crippen LogP contribution in [-0.4, -0.2) is 30.1 Å². The zero-order chi connectivity index (χ0) is 14.5. The van der Waals surface area contributed by atoms with Gasteiger partial charge >= 0.3 is 0 Å². The lowest BCUT2D eigenvalue weighted by atomic mass is 9.95. The van der Waals surface area contributed by atoms with Crippen LogP contribution in [0, 0.1) is 0 Å². The van der Waals surface area contributed by atoms with Crippen molar-refractivity contribution >= 4 is 0 Å². The molecule has 0 spiro atoms. The minimum absolute atomic E-state index is 0.0146. The number of hydrogen-bond acceptors (Lipinski definition) is 3. The molecule has 0 amide bonds. The van der Waals surface area contributed by atoms with Crippen molar-refractivity contribution in [1.82, 2.24) is 4.90 Å². The second-order valence-electron chi connectivity index (χ2n) is 5.90. The van der Waals surface area contributed by atoms with E-state index >= 15 is 0 Å². The summed E-state index contributed by atoms with van der Waals surface area (Å²) in [5.74, 6) is 0.930. The summed E-state index contributed by atoms with van der Waals surface area (Å²) < 4.78 is 5.70. The summed E-state index contributed by atoms with van der Waals surface area (Å²) in [6, 6.07) is 9.43. The van der Waals surface area contributed by atoms with Crippen LogP contribution in [-0.2, 0) is 0 Å². The van der Waals surface area contributed by atoms with Gasteiger partial charge < -0.3 is 10.5 Å². The van der Waals surface area contributed by atoms with Gasteiger partial charge in [-0.3, -0.25) is 4.90 Å². The Bertz CT molecular complexity index is 411. The van der Waals surface area contributed by atoms with E-state index < -0.39 is 0 Å². The zero-order valence-corrected chi connectivity index (χ0v) is 13.0. The van der Waals surface area contributed by atoms with Gasteiger partial charge in [0.05, 0.1) is 6.61 Å². The molecule has 112 valence electrons. The minimum Gasteiger partial charge on any atom is -0.494 e. The molecule has 3 nitrogen and oxygen atoms in total. The van der Waals surface area contributed by atoms with E-state index in [2.05, 4.69) is 24.8 Å². The third-order valence-electron chi connectivity index (χ3n) is 4.40. The maximum atomic E-state index is 6.46. The van der Waals surface area contributed by atoms with Crippen molar-refractivity contribution in [3.63, 3.8) is 0 Å². The molecular formula is C17H28N2O. The summed E-state index contributed by atoms with van der Waals surface area (Å²) >= 11 is 0. The van der Waals surface area contributed by atoms with Crippen molar-refractivity contribution in [3.8, 4) is 5.75 Å². The molecule has 1 aromatic carbocycles. The highest BCUT2D eigenvalue weighted by Gasteiger charge is 2.27. The summed E-state index contributed by atoms with van der Waals surface area (Å²) in [7, 11) is 0. The summed E-state index contributed by atoms with van der Waals surface area (Å²) in [6.07, 6.45) is 3.90. The van der Waals surface area contributed by atoms with E-state index in [0.717, 1.165) is 17.9 Å². The van der Waals surface area contributed by atoms with Gasteiger partial charge in [-0.1, -0.05) is 24.6 Å². The van der Waals surface area contributed by atoms with Crippen molar-refractivity contribution in [1.29, 1.82) is 0 Å². The summed E-state index contributed by atoms with van der Waals surface area (Å²) in [5, 5.41) is 0. The topological polar surface area (TPSA) is 38.5 Å². The van der Waals surface area contributed by atoms with Crippen LogP contribution in [0.25, 0.3) is 0 Å². The number of para-hydroxylation sites is 1. The van der Waals surface area contributed by atoms with Crippen LogP contribution in [0.2, 0.25) is 0 Å². The second-order valence-corrected chi connectivity index (χ2v) is 5.90. The molecule has 1 aliphatic heterocycles. The minimum atomic E-state index is 0.0146. The Labute approximate surface area is 123 Å². The largest absolute Gasteiger partial charge is 0.494 e. The van der Waals surface area contributed by atoms with Crippen molar-refractivity contribution < 1.29 is 4.74 Å². The molecule has 1 aromatic rings. The smallest absolute Gasteiger partial charge is 0.124 e. The molecule has 1 unspecified atom stereocenters. The molecule has 3 heteroatoms. The Balaban J connectivity index is 2.09. The lowest BCUT2D eigenvalue weighted by Crippen LogP contribution is -2.46. The highest BCUT2D eigenvalue weighted by molar-refractivity contribution is 5.36. The molecule has 20 heavy (non-hydrogen) atoms. The summed E-state index contributed by atoms with van der Waals surface area (Å²) in [5.41, 5.74) is 7.58. The number of nitrogens with two attached hydrogens (primary N) is 1. The first-order chi connectivity index (χ1) is 9.63. The number of nitrogens with zero attached hydrogens (tertiary/aromatic N) is 1. The first-order valence-electron chi connectivity index (χ1n) is 7.86. The molecule has 1 aliphatic rings. The van der Waals surface area contributed by atoms with Crippen LogP contribution in [0.3, 0.4) is 0 Å². The van der Waals surface area contributed by atoms with E-state index in [-0.39, 0.29) is 6.04 Å². The average Bonchev–Trinajstić information content (AvgIpc) is 2.44. The third-order valence-corrected chi connectivity index (χ3v) is 4.40. The van der Waals surface area contributed by atoms with Crippen LogP contribution in [0.5, 0.6) is 5.75 Å². The zero-order valence-electron chi connectivity index (χ0n) is 13.0. The van der Waals surface area contributed by atoms with Crippen LogP contribution in [0.4, 0.5) is 0 Å². The molecule has 3 atom stereocenters. The lowest BCUT2D eigenvalue weighted by Gasteiger charge is -2.40. The Hall–Kier alpha value is -1.06. The summed E-state index contributed by atoms with van der Waals surface area (Å²) in [4.78, 5) is 2.55. The number of rotatable bonds is 5. The van der Waals surface area contributed by atoms with Gasteiger partial charge in [-0.05, 0) is 39.7 Å². The highest BCUT2D eigenvalue weighted by Crippen LogP contribution is 2.28. The normalized spacial score (nSPS) is 25.4. The van der Waals surface area contributed by atoms with Crippen molar-refractivity contribution in [2.24, 2.45) is 5.73 Å². The van der Waals surface area contributed by atoms with E-state index in [1.807, 2.05) is 25.1 Å². The van der Waals surface area contributed by atoms with Crippen LogP contribution >= 0.6 is 0 Å². The molecule has 0 bridgehead atoms. The SMILES string of the molecule is CCOc1ccccc1C(N)CN1[C@H](C)CCC[C@@H]1C. The van der Waals surface area contributed by atoms with Gasteiger partial charge in [0.1, 0.15) is 5.75 Å². The molecule has 2 rings (SSSR count). The first kappa shape index (κ1) is 15.3. The van der Waals surface area contributed by atoms with E-state index in [1.54, 1.807) is 0 Å². The molecule has 0 aromatic heterocycles. The van der Waals surface area contributed by atoms with Crippen molar-refractivity contribution in [3.05, 3.63) is 29.8 Å². The standard InChI is InChI=1S/C17H28N2O/c1-4-20-17-11-6-5-10-15(17)16(18)12-19-13(2)8-7-9-14(19)3/h5-6,10-11,13-14,16H,4,7-9,12,18H2,1-3H3/t13-,14+,16?. The Kier molecular flexibility index (Phi) is 5.44. The number of benzene rings is 1. The van der Waals surface area contributed by atoms with Gasteiger partial charge in [0, 0.05) is 30.2 Å². The number of likely N-dealkylation sites (tertiary alicyclic amines) is 1. The van der Waals surface area contributed by atoms with Crippen LogP contribution < -0.4 is 10.5 Å². The molecular weight excluding hydrogens is 248 g/mol. The molecule has 2 N–H and O–H groups in total. The van der Waals surface area contributed by atoms with E-state index in [0.29, 0.717) is 18.7 Å². The molecule has 1 heterocycles. The van der Waals surface area contributed by atoms with Crippen molar-refractivity contribution in [2.75, 3.05) is 13.2 Å². The molecule has 1 saturated heterocycles. The number of ether oxygens (including phenoxy) is 1. The van der Waals surface area contributed by atoms with E-state index in [1.165, 1.54) is 19.3 Å². The quantitative estimate of drug-likeness (QED) is 0.896. The van der Waals surface area contributed by atoms with Gasteiger partial charge in [-0.15, -0.1) is 0 Å². The Morgan fingerprint density at radius 3 is 2.55 bits per heavy atom. The van der Waals surface area contributed by atoms with Crippen LogP contribution in [0.1, 0.15) is 51.6 Å². The van der Waals surface area contributed by atoms with E-state index in [4.69, 9.17) is 10.5 Å². The maximum absolute atomic E-state index is 6.46. The predicted octanol–water partition coefficient (Wildman–Crippen LogP) is 3.35. The molecule has 0 saturated carbocycles. The van der Waals surface area contributed by atoms with E-state index in [9.17, 15) is 0 Å². The van der Waals surface area contributed by atoms with Crippen molar-refractivity contribution in [2.45, 2.75) is 58.2 Å². The Morgan fingerprint density at radius 2 is 1.90 bits per heavy atom. The van der Waals surface area contributed by atoms with Gasteiger partial charge in [-0.2, -0.15) is 0 Å². The highest BCUT2D eigenvalue weighted by atomic mass is 16.5. The lowest BCUT2D eigenvalue weighted by molar-refractivity contribution is 0.0957. The fraction of sp³-hybridized carbons (Fsp3) is 0.647. The molecule has 0 radical (unpaired) electrons. The van der Waals surface area contributed by atoms with Gasteiger partial charge in [0.25, 0.3) is 0 Å². The van der Waals surface area contributed by atoms with Gasteiger partial charge in [-0.25, -0.2) is 0 Å².